The van der Waals surface area contributed by atoms with Gasteiger partial charge in [-0.05, 0) is 51.7 Å². The largest absolute Gasteiger partial charge is 0.419 e. The highest BCUT2D eigenvalue weighted by atomic mass is 32.2. The predicted octanol–water partition coefficient (Wildman–Crippen LogP) is 4.70. The molecule has 2 fully saturated rings. The lowest BCUT2D eigenvalue weighted by molar-refractivity contribution is 0.508. The summed E-state index contributed by atoms with van der Waals surface area (Å²) in [6, 6.07) is 8.71. The summed E-state index contributed by atoms with van der Waals surface area (Å²) in [6.07, 6.45) is 4.96. The third-order valence-corrected chi connectivity index (χ3v) is 5.96. The number of rotatable bonds is 6. The first-order valence-electron chi connectivity index (χ1n) is 9.21. The normalized spacial score (nSPS) is 18.2. The van der Waals surface area contributed by atoms with Crippen LogP contribution in [0.5, 0.6) is 0 Å². The molecule has 0 spiro atoms. The molecule has 2 aromatic heterocycles. The Morgan fingerprint density at radius 1 is 1.04 bits per heavy atom. The van der Waals surface area contributed by atoms with Crippen molar-refractivity contribution in [3.8, 4) is 11.5 Å². The van der Waals surface area contributed by atoms with Gasteiger partial charge in [-0.15, -0.1) is 20.4 Å². The van der Waals surface area contributed by atoms with Gasteiger partial charge >= 0.3 is 0 Å². The van der Waals surface area contributed by atoms with Gasteiger partial charge in [0, 0.05) is 17.5 Å². The summed E-state index contributed by atoms with van der Waals surface area (Å²) >= 11 is 1.66. The summed E-state index contributed by atoms with van der Waals surface area (Å²) in [7, 11) is 0. The minimum absolute atomic E-state index is 0.0375. The molecule has 5 rings (SSSR count). The third kappa shape index (κ3) is 3.05. The Morgan fingerprint density at radius 3 is 2.50 bits per heavy atom. The minimum atomic E-state index is 0.0375. The maximum absolute atomic E-state index is 5.93. The molecule has 0 bridgehead atoms. The number of nitrogens with zero attached hydrogens (tertiary/aromatic N) is 5. The second kappa shape index (κ2) is 6.23. The van der Waals surface area contributed by atoms with E-state index >= 15 is 0 Å². The number of thioether (sulfide) groups is 1. The molecule has 2 saturated carbocycles. The molecule has 0 aliphatic heterocycles. The van der Waals surface area contributed by atoms with E-state index in [0.717, 1.165) is 10.7 Å². The monoisotopic (exact) mass is 367 g/mol. The maximum Gasteiger partial charge on any atom is 0.247 e. The van der Waals surface area contributed by atoms with Crippen LogP contribution in [0.25, 0.3) is 11.5 Å². The van der Waals surface area contributed by atoms with Crippen molar-refractivity contribution in [2.75, 3.05) is 0 Å². The van der Waals surface area contributed by atoms with E-state index < -0.39 is 0 Å². The zero-order chi connectivity index (χ0) is 17.7. The van der Waals surface area contributed by atoms with Gasteiger partial charge in [-0.25, -0.2) is 0 Å². The van der Waals surface area contributed by atoms with Crippen LogP contribution in [0.4, 0.5) is 0 Å². The van der Waals surface area contributed by atoms with E-state index in [9.17, 15) is 0 Å². The Bertz CT molecular complexity index is 924. The Hall–Kier alpha value is -2.15. The fraction of sp³-hybridized carbons (Fsp3) is 0.474. The van der Waals surface area contributed by atoms with Crippen LogP contribution in [0.2, 0.25) is 0 Å². The van der Waals surface area contributed by atoms with Crippen LogP contribution in [0.3, 0.4) is 0 Å². The van der Waals surface area contributed by atoms with Crippen LogP contribution in [0.1, 0.15) is 67.1 Å². The van der Waals surface area contributed by atoms with Crippen molar-refractivity contribution >= 4 is 11.8 Å². The van der Waals surface area contributed by atoms with E-state index in [1.165, 1.54) is 37.1 Å². The number of benzene rings is 1. The topological polar surface area (TPSA) is 69.6 Å². The first-order valence-corrected chi connectivity index (χ1v) is 10.1. The quantitative estimate of drug-likeness (QED) is 0.588. The number of hydrogen-bond acceptors (Lipinski definition) is 6. The van der Waals surface area contributed by atoms with Gasteiger partial charge in [-0.1, -0.05) is 29.5 Å². The summed E-state index contributed by atoms with van der Waals surface area (Å²) < 4.78 is 8.28. The van der Waals surface area contributed by atoms with Crippen molar-refractivity contribution in [3.63, 3.8) is 0 Å². The second-order valence-corrected chi connectivity index (χ2v) is 8.60. The van der Waals surface area contributed by atoms with Crippen molar-refractivity contribution in [1.29, 1.82) is 0 Å². The molecule has 134 valence electrons. The van der Waals surface area contributed by atoms with Crippen molar-refractivity contribution in [2.24, 2.45) is 0 Å². The number of aromatic nitrogens is 5. The van der Waals surface area contributed by atoms with Crippen LogP contribution in [0.15, 0.2) is 33.8 Å². The first kappa shape index (κ1) is 16.1. The lowest BCUT2D eigenvalue weighted by Crippen LogP contribution is -2.02. The molecule has 3 aromatic rings. The molecule has 0 radical (unpaired) electrons. The number of hydrogen-bond donors (Lipinski definition) is 0. The van der Waals surface area contributed by atoms with Crippen molar-refractivity contribution in [3.05, 3.63) is 41.5 Å². The predicted molar refractivity (Wildman–Crippen MR) is 99.0 cm³/mol. The van der Waals surface area contributed by atoms with Crippen LogP contribution in [-0.2, 0) is 0 Å². The van der Waals surface area contributed by atoms with Crippen LogP contribution >= 0.6 is 11.8 Å². The lowest BCUT2D eigenvalue weighted by atomic mass is 10.1. The molecular weight excluding hydrogens is 346 g/mol. The van der Waals surface area contributed by atoms with Gasteiger partial charge in [-0.3, -0.25) is 0 Å². The molecule has 2 heterocycles. The SMILES string of the molecule is Cc1ccc(-c2nnc(C(C)Sc3nnc(C4CC4)n3C3CC3)o2)cc1. The summed E-state index contributed by atoms with van der Waals surface area (Å²) in [4.78, 5) is 0. The minimum Gasteiger partial charge on any atom is -0.419 e. The van der Waals surface area contributed by atoms with E-state index in [4.69, 9.17) is 4.42 Å². The summed E-state index contributed by atoms with van der Waals surface area (Å²) in [6.45, 7) is 4.15. The molecule has 2 aliphatic carbocycles. The first-order chi connectivity index (χ1) is 12.7. The van der Waals surface area contributed by atoms with Gasteiger partial charge in [0.25, 0.3) is 0 Å². The van der Waals surface area contributed by atoms with Gasteiger partial charge in [0.05, 0.1) is 5.25 Å². The Labute approximate surface area is 156 Å². The van der Waals surface area contributed by atoms with Crippen LogP contribution < -0.4 is 0 Å². The summed E-state index contributed by atoms with van der Waals surface area (Å²) in [5.41, 5.74) is 2.16. The molecule has 1 atom stereocenters. The summed E-state index contributed by atoms with van der Waals surface area (Å²) in [5, 5.41) is 18.4. The average molecular weight is 367 g/mol. The van der Waals surface area contributed by atoms with Gasteiger partial charge in [0.1, 0.15) is 5.82 Å². The van der Waals surface area contributed by atoms with Gasteiger partial charge in [0.2, 0.25) is 11.8 Å². The molecule has 0 saturated heterocycles. The Kier molecular flexibility index (Phi) is 3.85. The van der Waals surface area contributed by atoms with Crippen molar-refractivity contribution < 1.29 is 4.42 Å². The molecule has 2 aliphatic rings. The molecule has 1 aromatic carbocycles. The van der Waals surface area contributed by atoms with Crippen molar-refractivity contribution in [2.45, 2.75) is 61.9 Å². The smallest absolute Gasteiger partial charge is 0.247 e. The molecular formula is C19H21N5OS. The van der Waals surface area contributed by atoms with E-state index in [2.05, 4.69) is 50.9 Å². The van der Waals surface area contributed by atoms with Crippen LogP contribution in [-0.4, -0.2) is 25.0 Å². The van der Waals surface area contributed by atoms with Crippen molar-refractivity contribution in [1.82, 2.24) is 25.0 Å². The molecule has 0 amide bonds. The lowest BCUT2D eigenvalue weighted by Gasteiger charge is -2.10. The average Bonchev–Trinajstić information content (AvgIpc) is 3.57. The van der Waals surface area contributed by atoms with Gasteiger partial charge in [-0.2, -0.15) is 0 Å². The highest BCUT2D eigenvalue weighted by Gasteiger charge is 2.37. The van der Waals surface area contributed by atoms with Gasteiger partial charge in [0.15, 0.2) is 5.16 Å². The molecule has 1 unspecified atom stereocenters. The standard InChI is InChI=1S/C19H21N5OS/c1-11-3-5-14(6-4-11)18-22-21-17(25-18)12(2)26-19-23-20-16(13-7-8-13)24(19)15-9-10-15/h3-6,12-13,15H,7-10H2,1-2H3. The zero-order valence-electron chi connectivity index (χ0n) is 14.9. The van der Waals surface area contributed by atoms with E-state index in [1.807, 2.05) is 12.1 Å². The fourth-order valence-corrected chi connectivity index (χ4v) is 4.04. The Balaban J connectivity index is 1.36. The fourth-order valence-electron chi connectivity index (χ4n) is 3.08. The summed E-state index contributed by atoms with van der Waals surface area (Å²) in [5.74, 6) is 2.98. The van der Waals surface area contributed by atoms with E-state index in [0.29, 0.717) is 23.7 Å². The molecule has 7 heteroatoms. The zero-order valence-corrected chi connectivity index (χ0v) is 15.7. The second-order valence-electron chi connectivity index (χ2n) is 7.29. The van der Waals surface area contributed by atoms with Gasteiger partial charge < -0.3 is 8.98 Å². The molecule has 6 nitrogen and oxygen atoms in total. The maximum atomic E-state index is 5.93. The van der Waals surface area contributed by atoms with E-state index in [-0.39, 0.29) is 5.25 Å². The highest BCUT2D eigenvalue weighted by molar-refractivity contribution is 7.99. The third-order valence-electron chi connectivity index (χ3n) is 4.91. The highest BCUT2D eigenvalue weighted by Crippen LogP contribution is 2.47. The number of aryl methyl sites for hydroxylation is 1. The van der Waals surface area contributed by atoms with Crippen LogP contribution in [0, 0.1) is 6.92 Å². The molecule has 26 heavy (non-hydrogen) atoms. The van der Waals surface area contributed by atoms with E-state index in [1.54, 1.807) is 11.8 Å². The molecule has 0 N–H and O–H groups in total. The Morgan fingerprint density at radius 2 is 1.81 bits per heavy atom.